The van der Waals surface area contributed by atoms with E-state index in [9.17, 15) is 5.11 Å². The molecular weight excluding hydrogens is 136 g/mol. The molecule has 0 aliphatic carbocycles. The molecule has 1 nitrogen and oxygen atoms in total. The number of hydrogen-bond acceptors (Lipinski definition) is 1. The average molecular weight is 152 g/mol. The first-order valence-electron chi connectivity index (χ1n) is 3.95. The van der Waals surface area contributed by atoms with Crippen LogP contribution < -0.4 is 0 Å². The highest BCUT2D eigenvalue weighted by molar-refractivity contribution is 5.28. The van der Waals surface area contributed by atoms with Crippen LogP contribution in [0.15, 0.2) is 12.2 Å². The highest BCUT2D eigenvalue weighted by Crippen LogP contribution is 2.06. The molecule has 0 aromatic heterocycles. The Kier molecular flexibility index (Phi) is 3.92. The summed E-state index contributed by atoms with van der Waals surface area (Å²) in [5, 5.41) is 9.45. The minimum atomic E-state index is -0.849. The smallest absolute Gasteiger partial charge is 0.122 e. The first-order chi connectivity index (χ1) is 5.02. The first kappa shape index (κ1) is 10.3. The van der Waals surface area contributed by atoms with Crippen molar-refractivity contribution in [2.24, 2.45) is 0 Å². The summed E-state index contributed by atoms with van der Waals surface area (Å²) < 4.78 is 0. The van der Waals surface area contributed by atoms with Crippen LogP contribution in [0.3, 0.4) is 0 Å². The SMILES string of the molecule is C=C(C#CC(C)(O)CC)CC. The molecule has 0 aromatic carbocycles. The Balaban J connectivity index is 4.16. The predicted molar refractivity (Wildman–Crippen MR) is 48.1 cm³/mol. The van der Waals surface area contributed by atoms with Crippen molar-refractivity contribution in [1.29, 1.82) is 0 Å². The van der Waals surface area contributed by atoms with E-state index < -0.39 is 5.60 Å². The number of allylic oxidation sites excluding steroid dienone is 1. The van der Waals surface area contributed by atoms with Crippen molar-refractivity contribution in [3.63, 3.8) is 0 Å². The summed E-state index contributed by atoms with van der Waals surface area (Å²) >= 11 is 0. The second-order valence-corrected chi connectivity index (χ2v) is 2.83. The Bertz CT molecular complexity index is 191. The molecule has 0 saturated carbocycles. The van der Waals surface area contributed by atoms with Crippen LogP contribution in [-0.2, 0) is 0 Å². The standard InChI is InChI=1S/C10H16O/c1-5-9(3)7-8-10(4,11)6-2/h11H,3,5-6H2,1-2,4H3. The van der Waals surface area contributed by atoms with Gasteiger partial charge in [0.05, 0.1) is 0 Å². The lowest BCUT2D eigenvalue weighted by Gasteiger charge is -2.11. The third kappa shape index (κ3) is 4.64. The fourth-order valence-corrected chi connectivity index (χ4v) is 0.400. The van der Waals surface area contributed by atoms with E-state index in [0.717, 1.165) is 12.0 Å². The van der Waals surface area contributed by atoms with E-state index in [0.29, 0.717) is 6.42 Å². The molecule has 1 N–H and O–H groups in total. The maximum Gasteiger partial charge on any atom is 0.122 e. The zero-order valence-corrected chi connectivity index (χ0v) is 7.57. The lowest BCUT2D eigenvalue weighted by atomic mass is 10.0. The van der Waals surface area contributed by atoms with Gasteiger partial charge in [0.25, 0.3) is 0 Å². The van der Waals surface area contributed by atoms with E-state index in [2.05, 4.69) is 18.4 Å². The summed E-state index contributed by atoms with van der Waals surface area (Å²) in [5.41, 5.74) is 0.0247. The highest BCUT2D eigenvalue weighted by Gasteiger charge is 2.11. The van der Waals surface area contributed by atoms with Gasteiger partial charge in [0.2, 0.25) is 0 Å². The average Bonchev–Trinajstić information content (AvgIpc) is 2.00. The van der Waals surface area contributed by atoms with E-state index in [1.165, 1.54) is 0 Å². The van der Waals surface area contributed by atoms with Gasteiger partial charge in [-0.2, -0.15) is 0 Å². The normalized spacial score (nSPS) is 14.5. The fourth-order valence-electron chi connectivity index (χ4n) is 0.400. The molecular formula is C10H16O. The largest absolute Gasteiger partial charge is 0.378 e. The molecule has 0 spiro atoms. The molecule has 11 heavy (non-hydrogen) atoms. The zero-order chi connectivity index (χ0) is 8.91. The van der Waals surface area contributed by atoms with Gasteiger partial charge < -0.3 is 5.11 Å². The lowest BCUT2D eigenvalue weighted by molar-refractivity contribution is 0.118. The van der Waals surface area contributed by atoms with Gasteiger partial charge in [-0.25, -0.2) is 0 Å². The van der Waals surface area contributed by atoms with Crippen molar-refractivity contribution in [1.82, 2.24) is 0 Å². The monoisotopic (exact) mass is 152 g/mol. The van der Waals surface area contributed by atoms with Crippen LogP contribution >= 0.6 is 0 Å². The van der Waals surface area contributed by atoms with Crippen molar-refractivity contribution in [2.75, 3.05) is 0 Å². The van der Waals surface area contributed by atoms with Crippen LogP contribution in [0.4, 0.5) is 0 Å². The number of aliphatic hydroxyl groups is 1. The van der Waals surface area contributed by atoms with Gasteiger partial charge in [0.1, 0.15) is 5.60 Å². The van der Waals surface area contributed by atoms with Crippen LogP contribution in [0.5, 0.6) is 0 Å². The molecule has 0 radical (unpaired) electrons. The van der Waals surface area contributed by atoms with Crippen LogP contribution in [0.2, 0.25) is 0 Å². The van der Waals surface area contributed by atoms with Gasteiger partial charge in [-0.05, 0) is 25.3 Å². The van der Waals surface area contributed by atoms with Crippen molar-refractivity contribution in [3.05, 3.63) is 12.2 Å². The molecule has 0 saturated heterocycles. The summed E-state index contributed by atoms with van der Waals surface area (Å²) in [6.45, 7) is 9.34. The van der Waals surface area contributed by atoms with Crippen molar-refractivity contribution < 1.29 is 5.11 Å². The molecule has 0 aliphatic heterocycles. The van der Waals surface area contributed by atoms with Crippen molar-refractivity contribution in [2.45, 2.75) is 39.2 Å². The fraction of sp³-hybridized carbons (Fsp3) is 0.600. The minimum Gasteiger partial charge on any atom is -0.378 e. The molecule has 62 valence electrons. The molecule has 0 rings (SSSR count). The van der Waals surface area contributed by atoms with Crippen LogP contribution in [0.1, 0.15) is 33.6 Å². The molecule has 0 heterocycles. The summed E-state index contributed by atoms with van der Waals surface area (Å²) in [5.74, 6) is 5.59. The Hall–Kier alpha value is -0.740. The Labute approximate surface area is 69.1 Å². The van der Waals surface area contributed by atoms with Crippen LogP contribution in [-0.4, -0.2) is 10.7 Å². The lowest BCUT2D eigenvalue weighted by Crippen LogP contribution is -2.19. The van der Waals surface area contributed by atoms with Gasteiger partial charge in [0, 0.05) is 0 Å². The van der Waals surface area contributed by atoms with Gasteiger partial charge in [0.15, 0.2) is 0 Å². The molecule has 1 atom stereocenters. The van der Waals surface area contributed by atoms with Crippen molar-refractivity contribution >= 4 is 0 Å². The molecule has 1 unspecified atom stereocenters. The maximum atomic E-state index is 9.45. The van der Waals surface area contributed by atoms with Crippen LogP contribution in [0, 0.1) is 11.8 Å². The molecule has 0 aliphatic rings. The van der Waals surface area contributed by atoms with Gasteiger partial charge >= 0.3 is 0 Å². The van der Waals surface area contributed by atoms with Gasteiger partial charge in [-0.15, -0.1) is 0 Å². The third-order valence-electron chi connectivity index (χ3n) is 1.62. The molecule has 0 aromatic rings. The van der Waals surface area contributed by atoms with E-state index in [1.54, 1.807) is 6.92 Å². The van der Waals surface area contributed by atoms with E-state index in [-0.39, 0.29) is 0 Å². The van der Waals surface area contributed by atoms with Crippen LogP contribution in [0.25, 0.3) is 0 Å². The van der Waals surface area contributed by atoms with E-state index in [4.69, 9.17) is 0 Å². The number of hydrogen-bond donors (Lipinski definition) is 1. The second kappa shape index (κ2) is 4.20. The Morgan fingerprint density at radius 3 is 2.45 bits per heavy atom. The minimum absolute atomic E-state index is 0.650. The third-order valence-corrected chi connectivity index (χ3v) is 1.62. The summed E-state index contributed by atoms with van der Waals surface area (Å²) in [4.78, 5) is 0. The van der Waals surface area contributed by atoms with Gasteiger partial charge in [-0.1, -0.05) is 32.3 Å². The predicted octanol–water partition coefficient (Wildman–Crippen LogP) is 2.12. The topological polar surface area (TPSA) is 20.2 Å². The summed E-state index contributed by atoms with van der Waals surface area (Å²) in [7, 11) is 0. The first-order valence-corrected chi connectivity index (χ1v) is 3.95. The zero-order valence-electron chi connectivity index (χ0n) is 7.57. The quantitative estimate of drug-likeness (QED) is 0.601. The summed E-state index contributed by atoms with van der Waals surface area (Å²) in [6.07, 6.45) is 1.50. The van der Waals surface area contributed by atoms with Crippen molar-refractivity contribution in [3.8, 4) is 11.8 Å². The maximum absolute atomic E-state index is 9.45. The van der Waals surface area contributed by atoms with E-state index >= 15 is 0 Å². The second-order valence-electron chi connectivity index (χ2n) is 2.83. The Morgan fingerprint density at radius 2 is 2.09 bits per heavy atom. The molecule has 0 amide bonds. The molecule has 0 fully saturated rings. The highest BCUT2D eigenvalue weighted by atomic mass is 16.3. The number of rotatable bonds is 2. The summed E-state index contributed by atoms with van der Waals surface area (Å²) in [6, 6.07) is 0. The van der Waals surface area contributed by atoms with E-state index in [1.807, 2.05) is 13.8 Å². The van der Waals surface area contributed by atoms with Gasteiger partial charge in [-0.3, -0.25) is 0 Å². The Morgan fingerprint density at radius 1 is 1.55 bits per heavy atom. The molecule has 1 heteroatoms. The molecule has 0 bridgehead atoms.